The molecule has 194 valence electrons. The summed E-state index contributed by atoms with van der Waals surface area (Å²) in [6.45, 7) is 6.86. The number of anilines is 1. The zero-order valence-electron chi connectivity index (χ0n) is 21.9. The minimum absolute atomic E-state index is 0.0732. The van der Waals surface area contributed by atoms with Crippen LogP contribution in [0.25, 0.3) is 5.76 Å². The first-order valence-corrected chi connectivity index (χ1v) is 12.4. The molecular formula is C31H30N2O5. The van der Waals surface area contributed by atoms with E-state index in [2.05, 4.69) is 32.0 Å². The number of nitrogens with zero attached hydrogens (tertiary/aromatic N) is 1. The van der Waals surface area contributed by atoms with Gasteiger partial charge in [-0.05, 0) is 35.9 Å². The monoisotopic (exact) mass is 510 g/mol. The molecule has 2 aliphatic rings. The highest BCUT2D eigenvalue weighted by Crippen LogP contribution is 2.62. The highest BCUT2D eigenvalue weighted by atomic mass is 16.6. The molecule has 3 aromatic carbocycles. The Bertz CT molecular complexity index is 1490. The van der Waals surface area contributed by atoms with Crippen LogP contribution < -0.4 is 14.8 Å². The number of nitro groups is 1. The zero-order valence-corrected chi connectivity index (χ0v) is 21.9. The Morgan fingerprint density at radius 2 is 1.87 bits per heavy atom. The lowest BCUT2D eigenvalue weighted by Gasteiger charge is -2.55. The zero-order chi connectivity index (χ0) is 27.1. The van der Waals surface area contributed by atoms with E-state index < -0.39 is 16.9 Å². The number of nitrogens with one attached hydrogen (secondary N) is 1. The van der Waals surface area contributed by atoms with Gasteiger partial charge in [0.05, 0.1) is 29.2 Å². The molecule has 2 atom stereocenters. The molecule has 5 rings (SSSR count). The van der Waals surface area contributed by atoms with Crippen molar-refractivity contribution < 1.29 is 19.1 Å². The maximum Gasteiger partial charge on any atom is 0.274 e. The summed E-state index contributed by atoms with van der Waals surface area (Å²) >= 11 is 0. The van der Waals surface area contributed by atoms with E-state index in [4.69, 9.17) is 20.6 Å². The fourth-order valence-corrected chi connectivity index (χ4v) is 5.93. The number of ether oxygens (including phenoxy) is 3. The number of para-hydroxylation sites is 2. The van der Waals surface area contributed by atoms with Gasteiger partial charge in [-0.2, -0.15) is 0 Å². The Labute approximate surface area is 222 Å². The van der Waals surface area contributed by atoms with Crippen LogP contribution in [0.5, 0.6) is 11.5 Å². The summed E-state index contributed by atoms with van der Waals surface area (Å²) in [4.78, 5) is 11.7. The van der Waals surface area contributed by atoms with Crippen LogP contribution in [0.4, 0.5) is 11.4 Å². The number of hydrogen-bond acceptors (Lipinski definition) is 6. The lowest BCUT2D eigenvalue weighted by molar-refractivity contribution is -0.385. The van der Waals surface area contributed by atoms with E-state index in [1.807, 2.05) is 54.6 Å². The van der Waals surface area contributed by atoms with Gasteiger partial charge >= 0.3 is 0 Å². The number of terminal acetylenes is 1. The van der Waals surface area contributed by atoms with Crippen molar-refractivity contribution in [3.63, 3.8) is 0 Å². The molecule has 0 spiro atoms. The lowest BCUT2D eigenvalue weighted by Crippen LogP contribution is -2.52. The Morgan fingerprint density at radius 1 is 1.13 bits per heavy atom. The minimum atomic E-state index is -0.698. The van der Waals surface area contributed by atoms with E-state index in [1.165, 1.54) is 0 Å². The Morgan fingerprint density at radius 3 is 2.61 bits per heavy atom. The molecule has 0 saturated carbocycles. The van der Waals surface area contributed by atoms with E-state index >= 15 is 0 Å². The third kappa shape index (κ3) is 3.76. The first-order chi connectivity index (χ1) is 18.2. The molecule has 2 aliphatic heterocycles. The third-order valence-corrected chi connectivity index (χ3v) is 8.19. The molecule has 0 aromatic heterocycles. The number of nitro benzene ring substituents is 1. The predicted octanol–water partition coefficient (Wildman–Crippen LogP) is 6.51. The second-order valence-corrected chi connectivity index (χ2v) is 10.2. The van der Waals surface area contributed by atoms with Gasteiger partial charge in [0.1, 0.15) is 30.5 Å². The number of fused-ring (bicyclic) bond motifs is 2. The Kier molecular flexibility index (Phi) is 6.28. The normalized spacial score (nSPS) is 21.2. The van der Waals surface area contributed by atoms with Crippen LogP contribution in [0.2, 0.25) is 0 Å². The second-order valence-electron chi connectivity index (χ2n) is 10.2. The van der Waals surface area contributed by atoms with Crippen molar-refractivity contribution in [2.24, 2.45) is 5.41 Å². The van der Waals surface area contributed by atoms with Crippen molar-refractivity contribution in [2.45, 2.75) is 32.2 Å². The molecule has 38 heavy (non-hydrogen) atoms. The molecular weight excluding hydrogens is 480 g/mol. The standard InChI is InChI=1S/C31H30N2O5/c1-6-17-37-20-15-16-25-23(18-20)31(4,24-19-38-27-14-10-8-12-22(27)28(24)36-5)30(2,3)29(32-25)21-11-7-9-13-26(21)33(34)35/h1,7-16,18,29,32H,17,19H2,2-5H3. The summed E-state index contributed by atoms with van der Waals surface area (Å²) in [7, 11) is 1.67. The van der Waals surface area contributed by atoms with Crippen LogP contribution in [-0.2, 0) is 10.2 Å². The van der Waals surface area contributed by atoms with E-state index in [1.54, 1.807) is 19.2 Å². The van der Waals surface area contributed by atoms with E-state index in [0.717, 1.165) is 33.9 Å². The summed E-state index contributed by atoms with van der Waals surface area (Å²) in [5, 5.41) is 15.7. The lowest BCUT2D eigenvalue weighted by atomic mass is 9.52. The summed E-state index contributed by atoms with van der Waals surface area (Å²) in [6, 6.07) is 20.1. The Balaban J connectivity index is 1.80. The molecule has 3 aromatic rings. The number of hydrogen-bond donors (Lipinski definition) is 1. The van der Waals surface area contributed by atoms with Gasteiger partial charge in [-0.15, -0.1) is 6.42 Å². The first-order valence-electron chi connectivity index (χ1n) is 12.4. The van der Waals surface area contributed by atoms with Crippen LogP contribution in [0.15, 0.2) is 72.3 Å². The van der Waals surface area contributed by atoms with Crippen LogP contribution in [0, 0.1) is 27.9 Å². The predicted molar refractivity (Wildman–Crippen MR) is 147 cm³/mol. The van der Waals surface area contributed by atoms with Crippen LogP contribution >= 0.6 is 0 Å². The number of benzene rings is 3. The highest BCUT2D eigenvalue weighted by molar-refractivity contribution is 5.76. The molecule has 2 heterocycles. The summed E-state index contributed by atoms with van der Waals surface area (Å²) < 4.78 is 18.1. The summed E-state index contributed by atoms with van der Waals surface area (Å²) in [6.07, 6.45) is 5.45. The second kappa shape index (κ2) is 9.46. The summed E-state index contributed by atoms with van der Waals surface area (Å²) in [5.74, 6) is 4.66. The van der Waals surface area contributed by atoms with Crippen molar-refractivity contribution in [2.75, 3.05) is 25.6 Å². The van der Waals surface area contributed by atoms with Crippen molar-refractivity contribution in [1.82, 2.24) is 0 Å². The van der Waals surface area contributed by atoms with E-state index in [-0.39, 0.29) is 17.2 Å². The average molecular weight is 511 g/mol. The van der Waals surface area contributed by atoms with E-state index in [9.17, 15) is 10.1 Å². The van der Waals surface area contributed by atoms with Gasteiger partial charge < -0.3 is 19.5 Å². The molecule has 2 unspecified atom stereocenters. The summed E-state index contributed by atoms with van der Waals surface area (Å²) in [5.41, 5.74) is 3.03. The van der Waals surface area contributed by atoms with Crippen molar-refractivity contribution >= 4 is 17.1 Å². The average Bonchev–Trinajstić information content (AvgIpc) is 2.93. The van der Waals surface area contributed by atoms with Crippen molar-refractivity contribution in [3.05, 3.63) is 99.1 Å². The molecule has 0 bridgehead atoms. The maximum absolute atomic E-state index is 12.1. The third-order valence-electron chi connectivity index (χ3n) is 8.19. The molecule has 1 N–H and O–H groups in total. The van der Waals surface area contributed by atoms with Crippen molar-refractivity contribution in [3.8, 4) is 23.8 Å². The van der Waals surface area contributed by atoms with Gasteiger partial charge in [0.25, 0.3) is 5.69 Å². The molecule has 7 nitrogen and oxygen atoms in total. The maximum atomic E-state index is 12.1. The van der Waals surface area contributed by atoms with E-state index in [0.29, 0.717) is 17.9 Å². The number of rotatable bonds is 6. The van der Waals surface area contributed by atoms with Gasteiger partial charge in [0.2, 0.25) is 0 Å². The fourth-order valence-electron chi connectivity index (χ4n) is 5.93. The van der Waals surface area contributed by atoms with Gasteiger partial charge in [-0.1, -0.05) is 57.0 Å². The molecule has 0 radical (unpaired) electrons. The van der Waals surface area contributed by atoms with Gasteiger partial charge in [-0.3, -0.25) is 10.1 Å². The molecule has 0 aliphatic carbocycles. The largest absolute Gasteiger partial charge is 0.496 e. The molecule has 0 fully saturated rings. The van der Waals surface area contributed by atoms with Crippen LogP contribution in [-0.4, -0.2) is 25.2 Å². The minimum Gasteiger partial charge on any atom is -0.496 e. The quantitative estimate of drug-likeness (QED) is 0.231. The fraction of sp³-hybridized carbons (Fsp3) is 0.290. The number of methoxy groups -OCH3 is 1. The van der Waals surface area contributed by atoms with Crippen LogP contribution in [0.3, 0.4) is 0 Å². The van der Waals surface area contributed by atoms with Gasteiger partial charge in [0, 0.05) is 28.2 Å². The highest BCUT2D eigenvalue weighted by Gasteiger charge is 2.57. The molecule has 0 saturated heterocycles. The van der Waals surface area contributed by atoms with Gasteiger partial charge in [0.15, 0.2) is 0 Å². The van der Waals surface area contributed by atoms with Crippen LogP contribution in [0.1, 0.15) is 43.5 Å². The smallest absolute Gasteiger partial charge is 0.274 e. The van der Waals surface area contributed by atoms with Gasteiger partial charge in [-0.25, -0.2) is 0 Å². The first kappa shape index (κ1) is 25.2. The molecule has 7 heteroatoms. The Hall–Kier alpha value is -4.44. The SMILES string of the molecule is C#CCOc1ccc2c(c1)C(C)(C1=C(OC)c3ccccc3OC1)C(C)(C)C(c1ccccc1[N+](=O)[O-])N2. The topological polar surface area (TPSA) is 82.9 Å². The molecule has 0 amide bonds. The van der Waals surface area contributed by atoms with Crippen molar-refractivity contribution in [1.29, 1.82) is 0 Å².